The van der Waals surface area contributed by atoms with Crippen LogP contribution in [0.5, 0.6) is 0 Å². The van der Waals surface area contributed by atoms with Crippen molar-refractivity contribution in [3.05, 3.63) is 35.4 Å². The molecule has 7 nitrogen and oxygen atoms in total. The number of hydrogen-bond donors (Lipinski definition) is 2. The molecule has 0 saturated carbocycles. The molecule has 7 heteroatoms. The number of carbonyl (C=O) groups excluding carboxylic acids is 1. The van der Waals surface area contributed by atoms with Crippen molar-refractivity contribution < 1.29 is 4.79 Å². The number of carbonyl (C=O) groups is 1. The maximum atomic E-state index is 12.2. The molecular formula is C13H14N6O. The standard InChI is InChI=1S/C13H14N6O/c1-7-4-11(19(3)18-7)13(20)15-9-5-10-8(2)16-17-12(10)14-6-9/h4-6H,1-3H3,(H,15,20)(H,14,16,17). The molecular weight excluding hydrogens is 256 g/mol. The molecule has 0 bridgehead atoms. The lowest BCUT2D eigenvalue weighted by Gasteiger charge is -2.04. The van der Waals surface area contributed by atoms with E-state index in [0.29, 0.717) is 17.0 Å². The highest BCUT2D eigenvalue weighted by molar-refractivity contribution is 6.03. The van der Waals surface area contributed by atoms with Gasteiger partial charge in [-0.1, -0.05) is 0 Å². The summed E-state index contributed by atoms with van der Waals surface area (Å²) in [5, 5.41) is 14.8. The highest BCUT2D eigenvalue weighted by Gasteiger charge is 2.13. The lowest BCUT2D eigenvalue weighted by atomic mass is 10.2. The van der Waals surface area contributed by atoms with Gasteiger partial charge in [-0.05, 0) is 26.0 Å². The molecule has 0 unspecified atom stereocenters. The number of H-pyrrole nitrogens is 1. The predicted molar refractivity (Wildman–Crippen MR) is 74.5 cm³/mol. The van der Waals surface area contributed by atoms with E-state index in [4.69, 9.17) is 0 Å². The van der Waals surface area contributed by atoms with Gasteiger partial charge in [-0.25, -0.2) is 4.98 Å². The summed E-state index contributed by atoms with van der Waals surface area (Å²) in [7, 11) is 1.74. The number of amides is 1. The van der Waals surface area contributed by atoms with Crippen molar-refractivity contribution in [2.45, 2.75) is 13.8 Å². The maximum absolute atomic E-state index is 12.2. The van der Waals surface area contributed by atoms with Crippen molar-refractivity contribution in [2.75, 3.05) is 5.32 Å². The minimum atomic E-state index is -0.213. The number of anilines is 1. The largest absolute Gasteiger partial charge is 0.319 e. The fourth-order valence-corrected chi connectivity index (χ4v) is 2.11. The normalized spacial score (nSPS) is 10.9. The van der Waals surface area contributed by atoms with E-state index in [2.05, 4.69) is 25.6 Å². The van der Waals surface area contributed by atoms with Gasteiger partial charge < -0.3 is 5.32 Å². The molecule has 0 saturated heterocycles. The SMILES string of the molecule is Cc1cc(C(=O)Nc2cnc3n[nH]c(C)c3c2)n(C)n1. The summed E-state index contributed by atoms with van der Waals surface area (Å²) in [5.74, 6) is -0.213. The van der Waals surface area contributed by atoms with Crippen LogP contribution in [-0.2, 0) is 7.05 Å². The van der Waals surface area contributed by atoms with Crippen LogP contribution in [0, 0.1) is 13.8 Å². The molecule has 0 spiro atoms. The van der Waals surface area contributed by atoms with Gasteiger partial charge in [0.25, 0.3) is 5.91 Å². The Balaban J connectivity index is 1.90. The van der Waals surface area contributed by atoms with Gasteiger partial charge >= 0.3 is 0 Å². The average Bonchev–Trinajstić information content (AvgIpc) is 2.93. The third-order valence-electron chi connectivity index (χ3n) is 3.09. The quantitative estimate of drug-likeness (QED) is 0.739. The Hall–Kier alpha value is -2.70. The summed E-state index contributed by atoms with van der Waals surface area (Å²) in [6.07, 6.45) is 1.59. The molecule has 0 atom stereocenters. The number of nitrogens with zero attached hydrogens (tertiary/aromatic N) is 4. The van der Waals surface area contributed by atoms with E-state index in [1.165, 1.54) is 0 Å². The number of aryl methyl sites for hydroxylation is 3. The van der Waals surface area contributed by atoms with Crippen molar-refractivity contribution in [2.24, 2.45) is 7.05 Å². The first-order valence-corrected chi connectivity index (χ1v) is 6.17. The average molecular weight is 270 g/mol. The van der Waals surface area contributed by atoms with Gasteiger partial charge in [-0.2, -0.15) is 10.2 Å². The minimum absolute atomic E-state index is 0.213. The van der Waals surface area contributed by atoms with Crippen molar-refractivity contribution >= 4 is 22.6 Å². The first-order valence-electron chi connectivity index (χ1n) is 6.17. The molecule has 3 aromatic rings. The molecule has 0 aliphatic carbocycles. The minimum Gasteiger partial charge on any atom is -0.319 e. The van der Waals surface area contributed by atoms with Crippen molar-refractivity contribution in [1.82, 2.24) is 25.0 Å². The Morgan fingerprint density at radius 1 is 1.35 bits per heavy atom. The zero-order valence-electron chi connectivity index (χ0n) is 11.4. The number of pyridine rings is 1. The molecule has 0 fully saturated rings. The third-order valence-corrected chi connectivity index (χ3v) is 3.09. The van der Waals surface area contributed by atoms with Crippen LogP contribution in [0.2, 0.25) is 0 Å². The fraction of sp³-hybridized carbons (Fsp3) is 0.231. The smallest absolute Gasteiger partial charge is 0.273 e. The summed E-state index contributed by atoms with van der Waals surface area (Å²) >= 11 is 0. The van der Waals surface area contributed by atoms with Gasteiger partial charge in [0, 0.05) is 18.1 Å². The molecule has 3 rings (SSSR count). The van der Waals surface area contributed by atoms with Crippen LogP contribution in [0.15, 0.2) is 18.3 Å². The van der Waals surface area contributed by atoms with Crippen molar-refractivity contribution in [1.29, 1.82) is 0 Å². The second-order valence-electron chi connectivity index (χ2n) is 4.69. The molecule has 3 aromatic heterocycles. The number of aromatic nitrogens is 5. The van der Waals surface area contributed by atoms with Gasteiger partial charge in [0.2, 0.25) is 0 Å². The number of rotatable bonds is 2. The molecule has 1 amide bonds. The third kappa shape index (κ3) is 2.03. The van der Waals surface area contributed by atoms with Crippen molar-refractivity contribution in [3.63, 3.8) is 0 Å². The molecule has 0 radical (unpaired) electrons. The summed E-state index contributed by atoms with van der Waals surface area (Å²) in [6.45, 7) is 3.76. The second kappa shape index (κ2) is 4.44. The van der Waals surface area contributed by atoms with Crippen LogP contribution in [0.3, 0.4) is 0 Å². The lowest BCUT2D eigenvalue weighted by Crippen LogP contribution is -2.16. The van der Waals surface area contributed by atoms with Crippen LogP contribution in [0.4, 0.5) is 5.69 Å². The van der Waals surface area contributed by atoms with E-state index in [-0.39, 0.29) is 5.91 Å². The summed E-state index contributed by atoms with van der Waals surface area (Å²) in [4.78, 5) is 16.4. The Morgan fingerprint density at radius 3 is 2.85 bits per heavy atom. The van der Waals surface area contributed by atoms with Gasteiger partial charge in [0.15, 0.2) is 5.65 Å². The zero-order valence-corrected chi connectivity index (χ0v) is 11.4. The first kappa shape index (κ1) is 12.3. The summed E-state index contributed by atoms with van der Waals surface area (Å²) in [5.41, 5.74) is 3.49. The highest BCUT2D eigenvalue weighted by Crippen LogP contribution is 2.18. The second-order valence-corrected chi connectivity index (χ2v) is 4.69. The molecule has 102 valence electrons. The Morgan fingerprint density at radius 2 is 2.15 bits per heavy atom. The van der Waals surface area contributed by atoms with Gasteiger partial charge in [-0.15, -0.1) is 0 Å². The van der Waals surface area contributed by atoms with Crippen LogP contribution in [-0.4, -0.2) is 30.9 Å². The Kier molecular flexibility index (Phi) is 2.74. The molecule has 0 aliphatic heterocycles. The molecule has 2 N–H and O–H groups in total. The van der Waals surface area contributed by atoms with E-state index in [9.17, 15) is 4.79 Å². The number of hydrogen-bond acceptors (Lipinski definition) is 4. The van der Waals surface area contributed by atoms with E-state index in [1.807, 2.05) is 19.9 Å². The predicted octanol–water partition coefficient (Wildman–Crippen LogP) is 1.56. The molecule has 20 heavy (non-hydrogen) atoms. The molecule has 0 aliphatic rings. The lowest BCUT2D eigenvalue weighted by molar-refractivity contribution is 0.101. The van der Waals surface area contributed by atoms with Crippen LogP contribution < -0.4 is 5.32 Å². The summed E-state index contributed by atoms with van der Waals surface area (Å²) < 4.78 is 1.56. The van der Waals surface area contributed by atoms with E-state index >= 15 is 0 Å². The van der Waals surface area contributed by atoms with Crippen molar-refractivity contribution in [3.8, 4) is 0 Å². The number of fused-ring (bicyclic) bond motifs is 1. The number of nitrogens with one attached hydrogen (secondary N) is 2. The van der Waals surface area contributed by atoms with Gasteiger partial charge in [-0.3, -0.25) is 14.6 Å². The van der Waals surface area contributed by atoms with E-state index in [1.54, 1.807) is 24.0 Å². The highest BCUT2D eigenvalue weighted by atomic mass is 16.2. The monoisotopic (exact) mass is 270 g/mol. The zero-order chi connectivity index (χ0) is 14.3. The van der Waals surface area contributed by atoms with E-state index in [0.717, 1.165) is 16.8 Å². The fourth-order valence-electron chi connectivity index (χ4n) is 2.11. The molecule has 3 heterocycles. The van der Waals surface area contributed by atoms with E-state index < -0.39 is 0 Å². The van der Waals surface area contributed by atoms with Crippen LogP contribution in [0.25, 0.3) is 11.0 Å². The number of aromatic amines is 1. The van der Waals surface area contributed by atoms with Gasteiger partial charge in [0.1, 0.15) is 5.69 Å². The molecule has 0 aromatic carbocycles. The summed E-state index contributed by atoms with van der Waals surface area (Å²) in [6, 6.07) is 3.59. The maximum Gasteiger partial charge on any atom is 0.273 e. The van der Waals surface area contributed by atoms with Gasteiger partial charge in [0.05, 0.1) is 17.6 Å². The van der Waals surface area contributed by atoms with Crippen LogP contribution in [0.1, 0.15) is 21.9 Å². The Bertz CT molecular complexity index is 800. The Labute approximate surface area is 115 Å². The topological polar surface area (TPSA) is 88.5 Å². The first-order chi connectivity index (χ1) is 9.54. The van der Waals surface area contributed by atoms with Crippen LogP contribution >= 0.6 is 0 Å².